The maximum absolute atomic E-state index is 11.8. The highest BCUT2D eigenvalue weighted by Gasteiger charge is 2.14. The maximum atomic E-state index is 11.8. The van der Waals surface area contributed by atoms with E-state index >= 15 is 0 Å². The summed E-state index contributed by atoms with van der Waals surface area (Å²) in [4.78, 5) is 23.1. The molecular formula is C25H22O6. The van der Waals surface area contributed by atoms with Crippen LogP contribution in [-0.2, 0) is 27.5 Å². The van der Waals surface area contributed by atoms with Gasteiger partial charge in [0.2, 0.25) is 0 Å². The van der Waals surface area contributed by atoms with Crippen molar-refractivity contribution in [2.45, 2.75) is 13.2 Å². The molecule has 0 aliphatic rings. The zero-order valence-corrected chi connectivity index (χ0v) is 17.0. The Morgan fingerprint density at radius 3 is 1.74 bits per heavy atom. The Bertz CT molecular complexity index is 996. The second-order valence-electron chi connectivity index (χ2n) is 6.63. The molecule has 158 valence electrons. The van der Waals surface area contributed by atoms with Gasteiger partial charge in [0.25, 0.3) is 5.78 Å². The average molecular weight is 418 g/mol. The zero-order chi connectivity index (χ0) is 22.1. The molecule has 0 unspecified atom stereocenters. The lowest BCUT2D eigenvalue weighted by atomic mass is 10.1. The number of ether oxygens (including phenoxy) is 3. The van der Waals surface area contributed by atoms with E-state index in [9.17, 15) is 14.7 Å². The van der Waals surface area contributed by atoms with Gasteiger partial charge in [-0.2, -0.15) is 0 Å². The predicted molar refractivity (Wildman–Crippen MR) is 116 cm³/mol. The van der Waals surface area contributed by atoms with E-state index in [-0.39, 0.29) is 5.56 Å². The van der Waals surface area contributed by atoms with Crippen molar-refractivity contribution >= 4 is 17.5 Å². The Labute approximate surface area is 180 Å². The molecule has 0 spiro atoms. The third-order valence-corrected chi connectivity index (χ3v) is 4.33. The number of esters is 1. The number of carbonyl (C=O) groups excluding carboxylic acids is 2. The van der Waals surface area contributed by atoms with E-state index < -0.39 is 17.5 Å². The standard InChI is InChI=1S/C25H22O6/c1-29-25(28)24(27)15-23(26)20-12-21(30-16-18-8-4-2-5-9-18)14-22(13-20)31-17-19-10-6-3-7-11-19/h2-15,26H,16-17H2,1H3/b23-15-. The number of hydrogen-bond acceptors (Lipinski definition) is 6. The molecule has 0 saturated heterocycles. The number of ketones is 1. The molecule has 0 aliphatic heterocycles. The molecule has 0 radical (unpaired) electrons. The van der Waals surface area contributed by atoms with Crippen LogP contribution < -0.4 is 9.47 Å². The summed E-state index contributed by atoms with van der Waals surface area (Å²) < 4.78 is 16.1. The van der Waals surface area contributed by atoms with Crippen molar-refractivity contribution in [2.75, 3.05) is 7.11 Å². The minimum Gasteiger partial charge on any atom is -0.507 e. The van der Waals surface area contributed by atoms with Gasteiger partial charge in [-0.05, 0) is 23.3 Å². The first-order chi connectivity index (χ1) is 15.0. The molecule has 0 heterocycles. The van der Waals surface area contributed by atoms with Gasteiger partial charge < -0.3 is 19.3 Å². The fourth-order valence-corrected chi connectivity index (χ4v) is 2.74. The van der Waals surface area contributed by atoms with Crippen LogP contribution in [0.1, 0.15) is 16.7 Å². The summed E-state index contributed by atoms with van der Waals surface area (Å²) in [5.41, 5.74) is 2.21. The molecule has 3 aromatic carbocycles. The largest absolute Gasteiger partial charge is 0.507 e. The number of methoxy groups -OCH3 is 1. The Morgan fingerprint density at radius 2 is 1.29 bits per heavy atom. The fraction of sp³-hybridized carbons (Fsp3) is 0.120. The van der Waals surface area contributed by atoms with Crippen LogP contribution >= 0.6 is 0 Å². The van der Waals surface area contributed by atoms with Crippen molar-refractivity contribution in [2.24, 2.45) is 0 Å². The third kappa shape index (κ3) is 6.47. The van der Waals surface area contributed by atoms with Crippen molar-refractivity contribution in [1.82, 2.24) is 0 Å². The Kier molecular flexibility index (Phi) is 7.43. The number of hydrogen-bond donors (Lipinski definition) is 1. The van der Waals surface area contributed by atoms with E-state index in [0.29, 0.717) is 24.7 Å². The van der Waals surface area contributed by atoms with E-state index in [1.54, 1.807) is 18.2 Å². The van der Waals surface area contributed by atoms with Gasteiger partial charge >= 0.3 is 5.97 Å². The molecule has 0 bridgehead atoms. The van der Waals surface area contributed by atoms with Gasteiger partial charge in [-0.25, -0.2) is 4.79 Å². The fourth-order valence-electron chi connectivity index (χ4n) is 2.74. The maximum Gasteiger partial charge on any atom is 0.378 e. The van der Waals surface area contributed by atoms with Crippen LogP contribution in [-0.4, -0.2) is 24.0 Å². The molecule has 0 atom stereocenters. The van der Waals surface area contributed by atoms with E-state index in [0.717, 1.165) is 24.3 Å². The average Bonchev–Trinajstić information content (AvgIpc) is 2.82. The number of aliphatic hydroxyl groups is 1. The Hall–Kier alpha value is -4.06. The summed E-state index contributed by atoms with van der Waals surface area (Å²) >= 11 is 0. The first kappa shape index (κ1) is 21.6. The Balaban J connectivity index is 1.84. The number of benzene rings is 3. The van der Waals surface area contributed by atoms with Crippen LogP contribution in [0.3, 0.4) is 0 Å². The first-order valence-electron chi connectivity index (χ1n) is 9.57. The lowest BCUT2D eigenvalue weighted by Gasteiger charge is -2.13. The summed E-state index contributed by atoms with van der Waals surface area (Å²) in [6, 6.07) is 24.0. The van der Waals surface area contributed by atoms with Crippen molar-refractivity contribution in [3.05, 3.63) is 102 Å². The van der Waals surface area contributed by atoms with E-state index in [2.05, 4.69) is 4.74 Å². The smallest absolute Gasteiger partial charge is 0.378 e. The lowest BCUT2D eigenvalue weighted by molar-refractivity contribution is -0.149. The molecule has 3 aromatic rings. The van der Waals surface area contributed by atoms with Crippen LogP contribution in [0.15, 0.2) is 84.9 Å². The number of aliphatic hydroxyl groups excluding tert-OH is 1. The molecule has 0 aromatic heterocycles. The molecule has 6 nitrogen and oxygen atoms in total. The summed E-state index contributed by atoms with van der Waals surface area (Å²) in [6.45, 7) is 0.627. The predicted octanol–water partition coefficient (Wildman–Crippen LogP) is 4.49. The molecule has 0 saturated carbocycles. The molecule has 0 fully saturated rings. The number of carbonyl (C=O) groups is 2. The second-order valence-corrected chi connectivity index (χ2v) is 6.63. The first-order valence-corrected chi connectivity index (χ1v) is 9.57. The minimum atomic E-state index is -1.07. The normalized spacial score (nSPS) is 10.9. The summed E-state index contributed by atoms with van der Waals surface area (Å²) in [7, 11) is 1.10. The highest BCUT2D eigenvalue weighted by Crippen LogP contribution is 2.28. The molecule has 0 aliphatic carbocycles. The van der Waals surface area contributed by atoms with Crippen LogP contribution in [0.25, 0.3) is 5.76 Å². The zero-order valence-electron chi connectivity index (χ0n) is 17.0. The highest BCUT2D eigenvalue weighted by atomic mass is 16.5. The SMILES string of the molecule is COC(=O)C(=O)/C=C(\O)c1cc(OCc2ccccc2)cc(OCc2ccccc2)c1. The van der Waals surface area contributed by atoms with Gasteiger partial charge in [0.1, 0.15) is 30.5 Å². The summed E-state index contributed by atoms with van der Waals surface area (Å²) in [6.07, 6.45) is 0.809. The summed E-state index contributed by atoms with van der Waals surface area (Å²) in [5, 5.41) is 10.4. The molecule has 3 rings (SSSR count). The van der Waals surface area contributed by atoms with Crippen molar-refractivity contribution in [1.29, 1.82) is 0 Å². The van der Waals surface area contributed by atoms with Gasteiger partial charge in [-0.1, -0.05) is 60.7 Å². The second kappa shape index (κ2) is 10.6. The molecule has 0 amide bonds. The molecule has 1 N–H and O–H groups in total. The number of rotatable bonds is 9. The quantitative estimate of drug-likeness (QED) is 0.239. The van der Waals surface area contributed by atoms with Crippen molar-refractivity contribution < 1.29 is 28.9 Å². The molecule has 31 heavy (non-hydrogen) atoms. The van der Waals surface area contributed by atoms with Crippen LogP contribution in [0.5, 0.6) is 11.5 Å². The van der Waals surface area contributed by atoms with Gasteiger partial charge in [-0.3, -0.25) is 4.79 Å². The molecule has 6 heteroatoms. The van der Waals surface area contributed by atoms with Crippen molar-refractivity contribution in [3.8, 4) is 11.5 Å². The van der Waals surface area contributed by atoms with Gasteiger partial charge in [-0.15, -0.1) is 0 Å². The lowest BCUT2D eigenvalue weighted by Crippen LogP contribution is -2.13. The van der Waals surface area contributed by atoms with Gasteiger partial charge in [0.15, 0.2) is 0 Å². The van der Waals surface area contributed by atoms with Crippen LogP contribution in [0.2, 0.25) is 0 Å². The minimum absolute atomic E-state index is 0.269. The third-order valence-electron chi connectivity index (χ3n) is 4.33. The van der Waals surface area contributed by atoms with Crippen molar-refractivity contribution in [3.63, 3.8) is 0 Å². The monoisotopic (exact) mass is 418 g/mol. The van der Waals surface area contributed by atoms with Gasteiger partial charge in [0.05, 0.1) is 7.11 Å². The van der Waals surface area contributed by atoms with Crippen LogP contribution in [0, 0.1) is 0 Å². The van der Waals surface area contributed by atoms with Crippen LogP contribution in [0.4, 0.5) is 0 Å². The van der Waals surface area contributed by atoms with E-state index in [1.807, 2.05) is 60.7 Å². The Morgan fingerprint density at radius 1 is 0.806 bits per heavy atom. The van der Waals surface area contributed by atoms with E-state index in [4.69, 9.17) is 9.47 Å². The van der Waals surface area contributed by atoms with Gasteiger partial charge in [0, 0.05) is 17.7 Å². The van der Waals surface area contributed by atoms with E-state index in [1.165, 1.54) is 0 Å². The molecular weight excluding hydrogens is 396 g/mol. The topological polar surface area (TPSA) is 82.1 Å². The summed E-state index contributed by atoms with van der Waals surface area (Å²) in [5.74, 6) is -1.55. The highest BCUT2D eigenvalue weighted by molar-refractivity contribution is 6.39.